The number of hydrogen-bond acceptors (Lipinski definition) is 7. The zero-order valence-corrected chi connectivity index (χ0v) is 25.4. The molecule has 218 valence electrons. The van der Waals surface area contributed by atoms with Crippen LogP contribution >= 0.6 is 0 Å². The van der Waals surface area contributed by atoms with E-state index < -0.39 is 6.61 Å². The highest BCUT2D eigenvalue weighted by Crippen LogP contribution is 2.35. The van der Waals surface area contributed by atoms with E-state index >= 15 is 0 Å². The maximum Gasteiger partial charge on any atom is 0.305 e. The zero-order valence-electron chi connectivity index (χ0n) is 25.4. The molecule has 4 aliphatic heterocycles. The molecule has 42 heavy (non-hydrogen) atoms. The molecule has 0 radical (unpaired) electrons. The lowest BCUT2D eigenvalue weighted by Gasteiger charge is -2.05. The highest BCUT2D eigenvalue weighted by molar-refractivity contribution is 6.24. The second-order valence-corrected chi connectivity index (χ2v) is 10.9. The van der Waals surface area contributed by atoms with Crippen molar-refractivity contribution in [3.05, 3.63) is 84.5 Å². The van der Waals surface area contributed by atoms with Crippen LogP contribution < -0.4 is 10.6 Å². The first-order chi connectivity index (χ1) is 20.1. The van der Waals surface area contributed by atoms with Crippen LogP contribution in [0.1, 0.15) is 71.6 Å². The molecular weight excluding hydrogens is 528 g/mol. The van der Waals surface area contributed by atoms with Crippen LogP contribution in [0.5, 0.6) is 0 Å². The van der Waals surface area contributed by atoms with E-state index in [2.05, 4.69) is 38.8 Å². The Morgan fingerprint density at radius 3 is 1.95 bits per heavy atom. The van der Waals surface area contributed by atoms with Crippen LogP contribution in [-0.4, -0.2) is 52.0 Å². The molecule has 1 aromatic rings. The number of rotatable bonds is 6. The topological polar surface area (TPSA) is 120 Å². The number of H-pyrrole nitrogens is 1. The van der Waals surface area contributed by atoms with Gasteiger partial charge in [0.05, 0.1) is 46.7 Å². The fraction of sp³-hybridized carbons (Fsp3) is 0.353. The number of aliphatic hydroxyl groups excluding tert-OH is 2. The molecule has 0 saturated carbocycles. The molecule has 5 rings (SSSR count). The Morgan fingerprint density at radius 2 is 1.38 bits per heavy atom. The summed E-state index contributed by atoms with van der Waals surface area (Å²) in [7, 11) is 1.39. The smallest absolute Gasteiger partial charge is 0.305 e. The first-order valence-corrected chi connectivity index (χ1v) is 14.4. The van der Waals surface area contributed by atoms with Gasteiger partial charge in [-0.3, -0.25) is 4.79 Å². The van der Waals surface area contributed by atoms with Crippen LogP contribution in [0.2, 0.25) is 0 Å². The van der Waals surface area contributed by atoms with Crippen LogP contribution in [-0.2, 0) is 9.53 Å². The molecule has 0 amide bonds. The van der Waals surface area contributed by atoms with E-state index in [4.69, 9.17) is 19.7 Å². The van der Waals surface area contributed by atoms with Crippen molar-refractivity contribution in [2.75, 3.05) is 13.7 Å². The Labute approximate surface area is 246 Å². The normalized spacial score (nSPS) is 18.9. The minimum Gasteiger partial charge on any atom is -0.509 e. The Kier molecular flexibility index (Phi) is 8.01. The number of nitrogens with one attached hydrogen (secondary N) is 1. The Bertz CT molecular complexity index is 1810. The van der Waals surface area contributed by atoms with Gasteiger partial charge >= 0.3 is 5.97 Å². The van der Waals surface area contributed by atoms with Crippen molar-refractivity contribution < 1.29 is 19.7 Å². The molecule has 0 spiro atoms. The summed E-state index contributed by atoms with van der Waals surface area (Å²) in [6.45, 7) is 11.9. The average molecular weight is 567 g/mol. The summed E-state index contributed by atoms with van der Waals surface area (Å²) < 4.78 is 4.91. The lowest BCUT2D eigenvalue weighted by atomic mass is 9.98. The molecule has 3 N–H and O–H groups in total. The minimum absolute atomic E-state index is 0.133. The zero-order chi connectivity index (χ0) is 30.3. The van der Waals surface area contributed by atoms with Crippen molar-refractivity contribution >= 4 is 41.0 Å². The molecule has 1 aromatic heterocycles. The van der Waals surface area contributed by atoms with Gasteiger partial charge < -0.3 is 19.9 Å². The molecule has 0 aromatic carbocycles. The fourth-order valence-corrected chi connectivity index (χ4v) is 6.07. The van der Waals surface area contributed by atoms with Gasteiger partial charge in [-0.25, -0.2) is 15.0 Å². The van der Waals surface area contributed by atoms with Gasteiger partial charge in [-0.1, -0.05) is 13.8 Å². The summed E-state index contributed by atoms with van der Waals surface area (Å²) in [5.41, 5.74) is 13.0. The van der Waals surface area contributed by atoms with Crippen LogP contribution in [0.25, 0.3) is 17.9 Å². The first kappa shape index (κ1) is 29.2. The summed E-state index contributed by atoms with van der Waals surface area (Å²) in [6, 6.07) is 0. The number of nitrogens with zero attached hydrogens (tertiary/aromatic N) is 3. The lowest BCUT2D eigenvalue weighted by Crippen LogP contribution is -2.29. The quantitative estimate of drug-likeness (QED) is 0.421. The Balaban J connectivity index is 1.85. The van der Waals surface area contributed by atoms with Crippen molar-refractivity contribution in [1.82, 2.24) is 4.98 Å². The molecule has 0 saturated heterocycles. The van der Waals surface area contributed by atoms with Crippen molar-refractivity contribution in [2.24, 2.45) is 15.0 Å². The Morgan fingerprint density at radius 1 is 0.810 bits per heavy atom. The maximum atomic E-state index is 12.1. The molecule has 0 fully saturated rings. The van der Waals surface area contributed by atoms with Crippen molar-refractivity contribution in [3.8, 4) is 0 Å². The van der Waals surface area contributed by atoms with Crippen LogP contribution in [0.3, 0.4) is 0 Å². The number of allylic oxidation sites excluding steroid dienone is 8. The summed E-state index contributed by atoms with van der Waals surface area (Å²) >= 11 is 0. The number of aliphatic hydroxyl groups is 2. The predicted molar refractivity (Wildman–Crippen MR) is 169 cm³/mol. The molecular formula is C34H38N4O4. The third-order valence-electron chi connectivity index (χ3n) is 8.54. The number of aromatic amines is 1. The minimum atomic E-state index is -0.502. The van der Waals surface area contributed by atoms with Gasteiger partial charge in [0.2, 0.25) is 0 Å². The summed E-state index contributed by atoms with van der Waals surface area (Å²) in [6.07, 6.45) is 10.3. The van der Waals surface area contributed by atoms with Crippen molar-refractivity contribution in [2.45, 2.75) is 67.2 Å². The van der Waals surface area contributed by atoms with Gasteiger partial charge in [-0.15, -0.1) is 0 Å². The van der Waals surface area contributed by atoms with Crippen molar-refractivity contribution in [3.63, 3.8) is 0 Å². The van der Waals surface area contributed by atoms with E-state index in [1.807, 2.05) is 32.1 Å². The molecule has 0 atom stereocenters. The number of carbonyl (C=O) groups excluding carboxylic acids is 1. The highest BCUT2D eigenvalue weighted by Gasteiger charge is 2.26. The van der Waals surface area contributed by atoms with Crippen molar-refractivity contribution in [1.29, 1.82) is 0 Å². The van der Waals surface area contributed by atoms with Crippen LogP contribution in [0, 0.1) is 6.92 Å². The van der Waals surface area contributed by atoms with Crippen LogP contribution in [0.4, 0.5) is 0 Å². The lowest BCUT2D eigenvalue weighted by molar-refractivity contribution is -0.140. The summed E-state index contributed by atoms with van der Waals surface area (Å²) in [5.74, 6) is -0.430. The average Bonchev–Trinajstić information content (AvgIpc) is 3.64. The van der Waals surface area contributed by atoms with Gasteiger partial charge in [0.1, 0.15) is 12.4 Å². The Hall–Kier alpha value is -4.30. The standard InChI is InChI=1S/C34H38N4O4/c1-8-21-17(3)24-12-25-19(5)23(10-11-33(41)42-7)30(37-25)15-31-34(32(40)16-39)20(6)27(38-31)14-29-22(9-2)18(4)26(36-29)13-28(21)35-24/h12-15,38-40H,8-11,16H2,1-7H3/b25-12?,28-13?,29-14?,31-15?,34-32+. The number of carbonyl (C=O) groups is 1. The number of methoxy groups -OCH3 is 1. The number of hydrogen-bond donors (Lipinski definition) is 3. The number of aliphatic imine (C=N–C) groups is 3. The highest BCUT2D eigenvalue weighted by atomic mass is 16.5. The SMILES string of the molecule is CCC1=C(C)C2=NC1=CC1=NC(=Cc3[nH]c(/c(=C(/O)CO)c3C)=CC3=NC(=C2)C(C)=C3CCC(=O)OC)C(CC)=C1C. The van der Waals surface area contributed by atoms with Crippen LogP contribution in [0.15, 0.2) is 77.7 Å². The predicted octanol–water partition coefficient (Wildman–Crippen LogP) is 4.97. The van der Waals surface area contributed by atoms with Gasteiger partial charge in [-0.05, 0) is 110 Å². The molecule has 0 aliphatic carbocycles. The van der Waals surface area contributed by atoms with E-state index in [0.717, 1.165) is 80.5 Å². The van der Waals surface area contributed by atoms with Gasteiger partial charge in [0.25, 0.3) is 0 Å². The molecule has 0 unspecified atom stereocenters. The van der Waals surface area contributed by atoms with E-state index in [0.29, 0.717) is 22.7 Å². The van der Waals surface area contributed by atoms with E-state index in [1.54, 1.807) is 0 Å². The third kappa shape index (κ3) is 5.00. The fourth-order valence-electron chi connectivity index (χ4n) is 6.07. The second-order valence-electron chi connectivity index (χ2n) is 10.9. The molecule has 8 nitrogen and oxygen atoms in total. The van der Waals surface area contributed by atoms with E-state index in [1.165, 1.54) is 12.7 Å². The maximum absolute atomic E-state index is 12.1. The van der Waals surface area contributed by atoms with E-state index in [-0.39, 0.29) is 18.1 Å². The molecule has 4 aliphatic rings. The molecule has 8 heteroatoms. The number of ether oxygens (including phenoxy) is 1. The third-order valence-corrected chi connectivity index (χ3v) is 8.54. The molecule has 8 bridgehead atoms. The van der Waals surface area contributed by atoms with Gasteiger partial charge in [0, 0.05) is 17.3 Å². The number of esters is 1. The first-order valence-electron chi connectivity index (χ1n) is 14.4. The van der Waals surface area contributed by atoms with Gasteiger partial charge in [-0.2, -0.15) is 0 Å². The number of fused-ring (bicyclic) bond motifs is 5. The molecule has 5 heterocycles. The second kappa shape index (κ2) is 11.5. The monoisotopic (exact) mass is 566 g/mol. The summed E-state index contributed by atoms with van der Waals surface area (Å²) in [4.78, 5) is 30.7. The van der Waals surface area contributed by atoms with Gasteiger partial charge in [0.15, 0.2) is 0 Å². The number of aromatic nitrogens is 1. The summed E-state index contributed by atoms with van der Waals surface area (Å²) in [5, 5.41) is 21.8. The largest absolute Gasteiger partial charge is 0.509 e. The van der Waals surface area contributed by atoms with E-state index in [9.17, 15) is 15.0 Å².